The van der Waals surface area contributed by atoms with E-state index in [2.05, 4.69) is 27.4 Å². The summed E-state index contributed by atoms with van der Waals surface area (Å²) in [6.07, 6.45) is 1.65. The Kier molecular flexibility index (Phi) is 6.07. The van der Waals surface area contributed by atoms with Crippen molar-refractivity contribution in [3.05, 3.63) is 72.1 Å². The van der Waals surface area contributed by atoms with Gasteiger partial charge in [-0.05, 0) is 31.2 Å². The minimum absolute atomic E-state index is 0.0872. The molecule has 0 aliphatic heterocycles. The minimum Gasteiger partial charge on any atom is -0.344 e. The molecule has 0 aliphatic rings. The second-order valence-corrected chi connectivity index (χ2v) is 6.49. The summed E-state index contributed by atoms with van der Waals surface area (Å²) in [7, 11) is 0. The van der Waals surface area contributed by atoms with E-state index >= 15 is 0 Å². The van der Waals surface area contributed by atoms with E-state index in [1.165, 1.54) is 17.3 Å². The summed E-state index contributed by atoms with van der Waals surface area (Å²) in [6, 6.07) is 17.7. The van der Waals surface area contributed by atoms with Crippen molar-refractivity contribution in [1.82, 2.24) is 20.1 Å². The van der Waals surface area contributed by atoms with E-state index in [1.807, 2.05) is 66.1 Å². The van der Waals surface area contributed by atoms with Crippen LogP contribution in [0.3, 0.4) is 0 Å². The zero-order valence-electron chi connectivity index (χ0n) is 14.3. The Labute approximate surface area is 156 Å². The molecule has 3 aromatic rings. The van der Waals surface area contributed by atoms with Crippen molar-refractivity contribution in [3.63, 3.8) is 0 Å². The minimum atomic E-state index is -0.0872. The van der Waals surface area contributed by atoms with Crippen molar-refractivity contribution in [1.29, 1.82) is 0 Å². The van der Waals surface area contributed by atoms with Crippen molar-refractivity contribution < 1.29 is 4.79 Å². The highest BCUT2D eigenvalue weighted by molar-refractivity contribution is 7.99. The third-order valence-electron chi connectivity index (χ3n) is 3.54. The summed E-state index contributed by atoms with van der Waals surface area (Å²) < 4.78 is 1.87. The molecule has 0 atom stereocenters. The fraction of sp³-hybridized carbons (Fsp3) is 0.150. The van der Waals surface area contributed by atoms with Crippen molar-refractivity contribution >= 4 is 17.7 Å². The van der Waals surface area contributed by atoms with Gasteiger partial charge in [0, 0.05) is 11.3 Å². The Morgan fingerprint density at radius 1 is 1.15 bits per heavy atom. The van der Waals surface area contributed by atoms with Gasteiger partial charge in [-0.3, -0.25) is 9.36 Å². The van der Waals surface area contributed by atoms with Gasteiger partial charge in [0.25, 0.3) is 0 Å². The van der Waals surface area contributed by atoms with Gasteiger partial charge in [-0.1, -0.05) is 59.5 Å². The second kappa shape index (κ2) is 8.88. The fourth-order valence-corrected chi connectivity index (χ4v) is 2.96. The van der Waals surface area contributed by atoms with Gasteiger partial charge in [0.05, 0.1) is 12.3 Å². The summed E-state index contributed by atoms with van der Waals surface area (Å²) >= 11 is 1.34. The van der Waals surface area contributed by atoms with Crippen LogP contribution in [-0.4, -0.2) is 33.0 Å². The van der Waals surface area contributed by atoms with Gasteiger partial charge < -0.3 is 5.32 Å². The molecule has 1 N–H and O–H groups in total. The number of rotatable bonds is 5. The number of hydrogen-bond donors (Lipinski definition) is 1. The van der Waals surface area contributed by atoms with Crippen LogP contribution in [0.1, 0.15) is 11.1 Å². The van der Waals surface area contributed by atoms with Crippen LogP contribution in [-0.2, 0) is 4.79 Å². The molecule has 5 nitrogen and oxygen atoms in total. The van der Waals surface area contributed by atoms with Crippen molar-refractivity contribution in [2.75, 3.05) is 12.3 Å². The molecule has 6 heteroatoms. The molecule has 0 aliphatic carbocycles. The van der Waals surface area contributed by atoms with Gasteiger partial charge >= 0.3 is 0 Å². The van der Waals surface area contributed by atoms with Crippen LogP contribution in [0.15, 0.2) is 66.1 Å². The normalized spacial score (nSPS) is 10.0. The molecule has 1 aromatic heterocycles. The molecule has 0 unspecified atom stereocenters. The van der Waals surface area contributed by atoms with Crippen LogP contribution in [0, 0.1) is 18.8 Å². The molecule has 3 rings (SSSR count). The Morgan fingerprint density at radius 2 is 1.92 bits per heavy atom. The Morgan fingerprint density at radius 3 is 2.69 bits per heavy atom. The lowest BCUT2D eigenvalue weighted by molar-refractivity contribution is -0.118. The predicted molar refractivity (Wildman–Crippen MR) is 103 cm³/mol. The molecular formula is C20H18N4OS. The Hall–Kier alpha value is -3.04. The first-order valence-electron chi connectivity index (χ1n) is 8.13. The number of hydrogen-bond acceptors (Lipinski definition) is 4. The number of nitrogens with one attached hydrogen (secondary N) is 1. The van der Waals surface area contributed by atoms with Crippen LogP contribution in [0.5, 0.6) is 0 Å². The Balaban J connectivity index is 1.50. The van der Waals surface area contributed by atoms with E-state index in [1.54, 1.807) is 6.33 Å². The van der Waals surface area contributed by atoms with Crippen LogP contribution >= 0.6 is 11.8 Å². The number of carbonyl (C=O) groups is 1. The van der Waals surface area contributed by atoms with Crippen LogP contribution in [0.25, 0.3) is 5.69 Å². The maximum atomic E-state index is 12.0. The van der Waals surface area contributed by atoms with Gasteiger partial charge in [-0.2, -0.15) is 0 Å². The maximum absolute atomic E-state index is 12.0. The van der Waals surface area contributed by atoms with Gasteiger partial charge in [0.15, 0.2) is 5.16 Å². The van der Waals surface area contributed by atoms with E-state index in [4.69, 9.17) is 0 Å². The van der Waals surface area contributed by atoms with Crippen LogP contribution in [0.4, 0.5) is 0 Å². The van der Waals surface area contributed by atoms with E-state index in [9.17, 15) is 4.79 Å². The van der Waals surface area contributed by atoms with Gasteiger partial charge in [0.2, 0.25) is 5.91 Å². The molecule has 1 heterocycles. The average Bonchev–Trinajstić information content (AvgIpc) is 3.14. The number of amides is 1. The van der Waals surface area contributed by atoms with Gasteiger partial charge in [-0.15, -0.1) is 10.2 Å². The number of aryl methyl sites for hydroxylation is 1. The lowest BCUT2D eigenvalue weighted by atomic mass is 10.2. The van der Waals surface area contributed by atoms with E-state index in [0.717, 1.165) is 11.3 Å². The van der Waals surface area contributed by atoms with E-state index in [0.29, 0.717) is 11.7 Å². The summed E-state index contributed by atoms with van der Waals surface area (Å²) in [5.41, 5.74) is 3.09. The molecule has 1 amide bonds. The topological polar surface area (TPSA) is 59.8 Å². The molecule has 0 spiro atoms. The molecule has 0 fully saturated rings. The highest BCUT2D eigenvalue weighted by Gasteiger charge is 2.09. The van der Waals surface area contributed by atoms with Crippen LogP contribution < -0.4 is 5.32 Å². The summed E-state index contributed by atoms with van der Waals surface area (Å²) in [6.45, 7) is 2.36. The molecule has 130 valence electrons. The second-order valence-electron chi connectivity index (χ2n) is 5.55. The number of aromatic nitrogens is 3. The smallest absolute Gasteiger partial charge is 0.231 e. The zero-order valence-corrected chi connectivity index (χ0v) is 15.2. The summed E-state index contributed by atoms with van der Waals surface area (Å²) in [5.74, 6) is 6.12. The first-order valence-corrected chi connectivity index (χ1v) is 9.11. The lowest BCUT2D eigenvalue weighted by Crippen LogP contribution is -2.25. The van der Waals surface area contributed by atoms with E-state index < -0.39 is 0 Å². The third kappa shape index (κ3) is 4.98. The predicted octanol–water partition coefficient (Wildman–Crippen LogP) is 2.84. The van der Waals surface area contributed by atoms with Crippen molar-refractivity contribution in [2.45, 2.75) is 12.1 Å². The highest BCUT2D eigenvalue weighted by Crippen LogP contribution is 2.19. The van der Waals surface area contributed by atoms with Gasteiger partial charge in [0.1, 0.15) is 6.33 Å². The molecular weight excluding hydrogens is 344 g/mol. The number of carbonyl (C=O) groups excluding carboxylic acids is 1. The standard InChI is InChI=1S/C20H18N4OS/c1-16-9-11-18(12-10-16)24-15-22-23-20(24)26-14-19(25)21-13-5-8-17-6-3-2-4-7-17/h2-4,6-7,9-12,15H,13-14H2,1H3,(H,21,25). The van der Waals surface area contributed by atoms with Crippen molar-refractivity contribution in [3.8, 4) is 17.5 Å². The maximum Gasteiger partial charge on any atom is 0.231 e. The fourth-order valence-electron chi connectivity index (χ4n) is 2.20. The average molecular weight is 362 g/mol. The molecule has 26 heavy (non-hydrogen) atoms. The van der Waals surface area contributed by atoms with E-state index in [-0.39, 0.29) is 11.7 Å². The molecule has 0 bridgehead atoms. The monoisotopic (exact) mass is 362 g/mol. The van der Waals surface area contributed by atoms with Crippen LogP contribution in [0.2, 0.25) is 0 Å². The zero-order chi connectivity index (χ0) is 18.2. The largest absolute Gasteiger partial charge is 0.344 e. The molecule has 0 radical (unpaired) electrons. The molecule has 2 aromatic carbocycles. The highest BCUT2D eigenvalue weighted by atomic mass is 32.2. The molecule has 0 saturated carbocycles. The SMILES string of the molecule is Cc1ccc(-n2cnnc2SCC(=O)NCC#Cc2ccccc2)cc1. The number of nitrogens with zero attached hydrogens (tertiary/aromatic N) is 3. The summed E-state index contributed by atoms with van der Waals surface area (Å²) in [5, 5.41) is 11.5. The Bertz CT molecular complexity index is 924. The third-order valence-corrected chi connectivity index (χ3v) is 4.48. The first kappa shape index (κ1) is 17.8. The van der Waals surface area contributed by atoms with Gasteiger partial charge in [-0.25, -0.2) is 0 Å². The number of thioether (sulfide) groups is 1. The van der Waals surface area contributed by atoms with Crippen molar-refractivity contribution in [2.24, 2.45) is 0 Å². The summed E-state index contributed by atoms with van der Waals surface area (Å²) in [4.78, 5) is 12.0. The lowest BCUT2D eigenvalue weighted by Gasteiger charge is -2.06. The quantitative estimate of drug-likeness (QED) is 0.560. The number of benzene rings is 2. The first-order chi connectivity index (χ1) is 12.7. The molecule has 0 saturated heterocycles.